The predicted molar refractivity (Wildman–Crippen MR) is 51.5 cm³/mol. The molecule has 0 spiro atoms. The van der Waals surface area contributed by atoms with E-state index >= 15 is 0 Å². The highest BCUT2D eigenvalue weighted by atomic mass is 35.5. The van der Waals surface area contributed by atoms with E-state index in [1.807, 2.05) is 0 Å². The van der Waals surface area contributed by atoms with Crippen LogP contribution in [0.3, 0.4) is 0 Å². The van der Waals surface area contributed by atoms with Crippen molar-refractivity contribution in [1.29, 1.82) is 0 Å². The molecule has 0 aliphatic heterocycles. The van der Waals surface area contributed by atoms with Crippen molar-refractivity contribution in [2.75, 3.05) is 0 Å². The molecule has 4 atom stereocenters. The first-order valence-corrected chi connectivity index (χ1v) is 5.56. The van der Waals surface area contributed by atoms with Gasteiger partial charge in [-0.25, -0.2) is 8.78 Å². The summed E-state index contributed by atoms with van der Waals surface area (Å²) in [7, 11) is 0. The predicted octanol–water partition coefficient (Wildman–Crippen LogP) is 4.71. The van der Waals surface area contributed by atoms with Crippen LogP contribution >= 0.6 is 23.2 Å². The summed E-state index contributed by atoms with van der Waals surface area (Å²) in [6, 6.07) is 0. The van der Waals surface area contributed by atoms with Crippen LogP contribution in [0.25, 0.3) is 0 Å². The van der Waals surface area contributed by atoms with Gasteiger partial charge in [0, 0.05) is 12.8 Å². The Bertz CT molecular complexity index is 238. The van der Waals surface area contributed by atoms with Gasteiger partial charge < -0.3 is 4.74 Å². The number of hydrogen-bond acceptors (Lipinski definition) is 1. The van der Waals surface area contributed by atoms with Crippen molar-refractivity contribution in [2.45, 2.75) is 48.7 Å². The van der Waals surface area contributed by atoms with E-state index in [1.165, 1.54) is 0 Å². The fourth-order valence-electron chi connectivity index (χ4n) is 1.05. The van der Waals surface area contributed by atoms with Gasteiger partial charge in [-0.2, -0.15) is 26.3 Å². The van der Waals surface area contributed by atoms with Gasteiger partial charge in [0.25, 0.3) is 0 Å². The molecular weight excluding hydrogens is 335 g/mol. The van der Waals surface area contributed by atoms with Gasteiger partial charge in [-0.15, -0.1) is 0 Å². The third-order valence-corrected chi connectivity index (χ3v) is 2.20. The minimum absolute atomic E-state index is 1.54. The maximum absolute atomic E-state index is 12.3. The second-order valence-electron chi connectivity index (χ2n) is 3.45. The van der Waals surface area contributed by atoms with E-state index in [0.717, 1.165) is 0 Å². The zero-order chi connectivity index (χ0) is 15.4. The molecule has 0 fully saturated rings. The number of halogens is 10. The highest BCUT2D eigenvalue weighted by Gasteiger charge is 2.49. The molecular formula is C8H8Cl2F8O. The van der Waals surface area contributed by atoms with Crippen LogP contribution < -0.4 is 0 Å². The molecule has 0 amide bonds. The third-order valence-electron chi connectivity index (χ3n) is 1.84. The quantitative estimate of drug-likeness (QED) is 0.501. The van der Waals surface area contributed by atoms with Crippen LogP contribution in [-0.4, -0.2) is 35.8 Å². The minimum Gasteiger partial charge on any atom is -0.356 e. The molecule has 0 aliphatic carbocycles. The molecule has 0 heterocycles. The first kappa shape index (κ1) is 19.0. The zero-order valence-corrected chi connectivity index (χ0v) is 10.4. The topological polar surface area (TPSA) is 9.23 Å². The fraction of sp³-hybridized carbons (Fsp3) is 1.00. The number of hydrogen-bond donors (Lipinski definition) is 0. The second-order valence-corrected chi connectivity index (χ2v) is 4.40. The average molecular weight is 343 g/mol. The summed E-state index contributed by atoms with van der Waals surface area (Å²) in [5, 5.41) is 0. The standard InChI is InChI=1S/C8H8Cl2F8O/c9-5(11)1-3(7(13,14)15)19-4(2-6(10)12)8(16,17)18/h3-6H,1-2H2. The first-order valence-electron chi connectivity index (χ1n) is 4.69. The van der Waals surface area contributed by atoms with Crippen molar-refractivity contribution in [1.82, 2.24) is 0 Å². The van der Waals surface area contributed by atoms with Crippen LogP contribution in [0.1, 0.15) is 12.8 Å². The van der Waals surface area contributed by atoms with E-state index in [1.54, 1.807) is 0 Å². The Balaban J connectivity index is 4.93. The monoisotopic (exact) mass is 342 g/mol. The number of ether oxygens (including phenoxy) is 1. The van der Waals surface area contributed by atoms with Crippen molar-refractivity contribution in [3.8, 4) is 0 Å². The van der Waals surface area contributed by atoms with Crippen LogP contribution in [0.5, 0.6) is 0 Å². The molecule has 0 saturated carbocycles. The largest absolute Gasteiger partial charge is 0.414 e. The molecule has 0 saturated heterocycles. The van der Waals surface area contributed by atoms with Crippen LogP contribution in [0.4, 0.5) is 35.1 Å². The van der Waals surface area contributed by atoms with Gasteiger partial charge in [0.05, 0.1) is 0 Å². The van der Waals surface area contributed by atoms with Crippen LogP contribution in [0, 0.1) is 0 Å². The maximum Gasteiger partial charge on any atom is 0.414 e. The SMILES string of the molecule is FC(Cl)CC(OC(CC(F)Cl)C(F)(F)F)C(F)(F)F. The van der Waals surface area contributed by atoms with Gasteiger partial charge in [-0.05, 0) is 0 Å². The summed E-state index contributed by atoms with van der Waals surface area (Å²) in [4.78, 5) is 0. The Kier molecular flexibility index (Phi) is 7.11. The van der Waals surface area contributed by atoms with Gasteiger partial charge in [0.2, 0.25) is 0 Å². The van der Waals surface area contributed by atoms with Crippen molar-refractivity contribution < 1.29 is 39.9 Å². The van der Waals surface area contributed by atoms with Crippen LogP contribution in [-0.2, 0) is 4.74 Å². The third kappa shape index (κ3) is 7.98. The van der Waals surface area contributed by atoms with Gasteiger partial charge in [-0.3, -0.25) is 0 Å². The van der Waals surface area contributed by atoms with Crippen molar-refractivity contribution >= 4 is 23.2 Å². The molecule has 116 valence electrons. The number of alkyl halides is 10. The van der Waals surface area contributed by atoms with E-state index in [-0.39, 0.29) is 0 Å². The zero-order valence-electron chi connectivity index (χ0n) is 8.91. The van der Waals surface area contributed by atoms with E-state index in [2.05, 4.69) is 27.9 Å². The Labute approximate surface area is 112 Å². The summed E-state index contributed by atoms with van der Waals surface area (Å²) < 4.78 is 102. The Morgan fingerprint density at radius 2 is 1.00 bits per heavy atom. The molecule has 19 heavy (non-hydrogen) atoms. The maximum atomic E-state index is 12.3. The Hall–Kier alpha value is -0.0200. The summed E-state index contributed by atoms with van der Waals surface area (Å²) in [5.74, 6) is 0. The molecule has 0 aromatic carbocycles. The van der Waals surface area contributed by atoms with Gasteiger partial charge in [0.15, 0.2) is 23.5 Å². The lowest BCUT2D eigenvalue weighted by atomic mass is 10.2. The van der Waals surface area contributed by atoms with Crippen LogP contribution in [0.15, 0.2) is 0 Å². The molecule has 0 bridgehead atoms. The lowest BCUT2D eigenvalue weighted by molar-refractivity contribution is -0.289. The highest BCUT2D eigenvalue weighted by Crippen LogP contribution is 2.35. The molecule has 11 heteroatoms. The smallest absolute Gasteiger partial charge is 0.356 e. The first-order chi connectivity index (χ1) is 8.34. The minimum atomic E-state index is -5.28. The van der Waals surface area contributed by atoms with Crippen molar-refractivity contribution in [3.05, 3.63) is 0 Å². The molecule has 0 N–H and O–H groups in total. The van der Waals surface area contributed by atoms with Gasteiger partial charge in [-0.1, -0.05) is 23.2 Å². The normalized spacial score (nSPS) is 19.9. The molecule has 0 rings (SSSR count). The Morgan fingerprint density at radius 1 is 0.737 bits per heavy atom. The molecule has 0 radical (unpaired) electrons. The molecule has 4 unspecified atom stereocenters. The molecule has 0 aromatic heterocycles. The lowest BCUT2D eigenvalue weighted by Crippen LogP contribution is -2.43. The summed E-state index contributed by atoms with van der Waals surface area (Å²) in [6.07, 6.45) is -19.9. The van der Waals surface area contributed by atoms with E-state index in [4.69, 9.17) is 0 Å². The summed E-state index contributed by atoms with van der Waals surface area (Å²) >= 11 is 9.31. The summed E-state index contributed by atoms with van der Waals surface area (Å²) in [6.45, 7) is 0. The van der Waals surface area contributed by atoms with Crippen molar-refractivity contribution in [2.24, 2.45) is 0 Å². The second kappa shape index (κ2) is 7.12. The lowest BCUT2D eigenvalue weighted by Gasteiger charge is -2.28. The van der Waals surface area contributed by atoms with E-state index in [0.29, 0.717) is 0 Å². The highest BCUT2D eigenvalue weighted by molar-refractivity contribution is 6.19. The van der Waals surface area contributed by atoms with Crippen LogP contribution in [0.2, 0.25) is 0 Å². The van der Waals surface area contributed by atoms with Gasteiger partial charge in [0.1, 0.15) is 0 Å². The molecule has 1 nitrogen and oxygen atoms in total. The number of rotatable bonds is 6. The van der Waals surface area contributed by atoms with E-state index < -0.39 is 48.7 Å². The molecule has 0 aliphatic rings. The molecule has 0 aromatic rings. The fourth-order valence-corrected chi connectivity index (χ4v) is 1.38. The average Bonchev–Trinajstić information content (AvgIpc) is 2.10. The Morgan fingerprint density at radius 3 is 1.16 bits per heavy atom. The van der Waals surface area contributed by atoms with Crippen molar-refractivity contribution in [3.63, 3.8) is 0 Å². The van der Waals surface area contributed by atoms with E-state index in [9.17, 15) is 35.1 Å². The summed E-state index contributed by atoms with van der Waals surface area (Å²) in [5.41, 5.74) is -5.12. The van der Waals surface area contributed by atoms with Gasteiger partial charge >= 0.3 is 12.4 Å².